The second-order valence-corrected chi connectivity index (χ2v) is 5.53. The van der Waals surface area contributed by atoms with E-state index in [0.29, 0.717) is 9.95 Å². The van der Waals surface area contributed by atoms with Crippen LogP contribution in [0, 0.1) is 19.3 Å². The normalized spacial score (nSPS) is 10.8. The maximum Gasteiger partial charge on any atom is 0.182 e. The lowest BCUT2D eigenvalue weighted by Gasteiger charge is -2.05. The van der Waals surface area contributed by atoms with Gasteiger partial charge < -0.3 is 4.57 Å². The van der Waals surface area contributed by atoms with Crippen LogP contribution < -0.4 is 4.80 Å². The fraction of sp³-hybridized carbons (Fsp3) is 0.333. The molecule has 0 aliphatic rings. The summed E-state index contributed by atoms with van der Waals surface area (Å²) in [5.41, 5.74) is 2.33. The van der Waals surface area contributed by atoms with E-state index in [4.69, 9.17) is 17.0 Å². The summed E-state index contributed by atoms with van der Waals surface area (Å²) in [7, 11) is 0. The van der Waals surface area contributed by atoms with Crippen LogP contribution in [-0.2, 0) is 13.0 Å². The molecular weight excluding hydrogens is 254 g/mol. The quantitative estimate of drug-likeness (QED) is 0.854. The molecular formula is C12H14ClN3S. The highest BCUT2D eigenvalue weighted by molar-refractivity contribution is 7.09. The van der Waals surface area contributed by atoms with Crippen molar-refractivity contribution in [3.8, 4) is 0 Å². The van der Waals surface area contributed by atoms with Crippen LogP contribution in [0.2, 0.25) is 5.15 Å². The van der Waals surface area contributed by atoms with Crippen LogP contribution in [0.3, 0.4) is 0 Å². The third-order valence-electron chi connectivity index (χ3n) is 2.82. The van der Waals surface area contributed by atoms with E-state index in [2.05, 4.69) is 18.8 Å². The van der Waals surface area contributed by atoms with Gasteiger partial charge in [0.15, 0.2) is 4.80 Å². The van der Waals surface area contributed by atoms with Gasteiger partial charge in [0, 0.05) is 23.3 Å². The summed E-state index contributed by atoms with van der Waals surface area (Å²) in [5, 5.41) is 8.40. The number of rotatable bonds is 3. The average Bonchev–Trinajstić information content (AvgIpc) is 2.54. The van der Waals surface area contributed by atoms with Gasteiger partial charge in [-0.15, -0.1) is 11.3 Å². The van der Waals surface area contributed by atoms with Crippen molar-refractivity contribution in [1.29, 1.82) is 5.41 Å². The maximum atomic E-state index is 7.88. The Hall–Kier alpha value is -1.13. The lowest BCUT2D eigenvalue weighted by Crippen LogP contribution is -2.16. The lowest BCUT2D eigenvalue weighted by atomic mass is 10.2. The van der Waals surface area contributed by atoms with Crippen LogP contribution in [0.15, 0.2) is 18.3 Å². The highest BCUT2D eigenvalue weighted by atomic mass is 35.5. The number of nitrogens with one attached hydrogen (secondary N) is 1. The smallest absolute Gasteiger partial charge is 0.182 e. The van der Waals surface area contributed by atoms with E-state index >= 15 is 0 Å². The molecule has 5 heteroatoms. The van der Waals surface area contributed by atoms with Crippen molar-refractivity contribution in [2.75, 3.05) is 0 Å². The molecule has 3 nitrogen and oxygen atoms in total. The molecule has 2 aromatic rings. The molecule has 2 heterocycles. The number of hydrogen-bond acceptors (Lipinski definition) is 3. The van der Waals surface area contributed by atoms with Gasteiger partial charge >= 0.3 is 0 Å². The summed E-state index contributed by atoms with van der Waals surface area (Å²) in [4.78, 5) is 5.88. The number of thiazole rings is 1. The van der Waals surface area contributed by atoms with Crippen molar-refractivity contribution in [3.05, 3.63) is 44.4 Å². The largest absolute Gasteiger partial charge is 0.321 e. The molecule has 0 saturated heterocycles. The van der Waals surface area contributed by atoms with Crippen LogP contribution in [0.5, 0.6) is 0 Å². The minimum absolute atomic E-state index is 0.519. The van der Waals surface area contributed by atoms with Crippen molar-refractivity contribution >= 4 is 22.9 Å². The number of aromatic nitrogens is 2. The zero-order valence-corrected chi connectivity index (χ0v) is 11.4. The Labute approximate surface area is 109 Å². The van der Waals surface area contributed by atoms with Crippen molar-refractivity contribution < 1.29 is 0 Å². The van der Waals surface area contributed by atoms with Gasteiger partial charge in [-0.2, -0.15) is 0 Å². The summed E-state index contributed by atoms with van der Waals surface area (Å²) in [6.45, 7) is 4.93. The van der Waals surface area contributed by atoms with Crippen LogP contribution >= 0.6 is 22.9 Å². The summed E-state index contributed by atoms with van der Waals surface area (Å²) < 4.78 is 2.04. The molecule has 0 aliphatic carbocycles. The van der Waals surface area contributed by atoms with Crippen molar-refractivity contribution in [3.63, 3.8) is 0 Å². The zero-order valence-electron chi connectivity index (χ0n) is 9.83. The Morgan fingerprint density at radius 3 is 2.71 bits per heavy atom. The van der Waals surface area contributed by atoms with Crippen molar-refractivity contribution in [1.82, 2.24) is 9.55 Å². The van der Waals surface area contributed by atoms with Gasteiger partial charge in [-0.1, -0.05) is 17.7 Å². The van der Waals surface area contributed by atoms with E-state index in [1.165, 1.54) is 21.9 Å². The first kappa shape index (κ1) is 12.3. The lowest BCUT2D eigenvalue weighted by molar-refractivity contribution is 0.649. The molecule has 0 bridgehead atoms. The Morgan fingerprint density at radius 2 is 2.18 bits per heavy atom. The fourth-order valence-electron chi connectivity index (χ4n) is 1.68. The number of hydrogen-bond donors (Lipinski definition) is 1. The SMILES string of the molecule is Cc1sc(=N)n(CCc2ccc(Cl)nc2)c1C. The van der Waals surface area contributed by atoms with E-state index in [0.717, 1.165) is 18.5 Å². The molecule has 1 N–H and O–H groups in total. The summed E-state index contributed by atoms with van der Waals surface area (Å²) >= 11 is 7.26. The Bertz CT molecular complexity index is 568. The van der Waals surface area contributed by atoms with E-state index in [-0.39, 0.29) is 0 Å². The first-order valence-electron chi connectivity index (χ1n) is 5.40. The van der Waals surface area contributed by atoms with Crippen LogP contribution in [-0.4, -0.2) is 9.55 Å². The monoisotopic (exact) mass is 267 g/mol. The molecule has 2 rings (SSSR count). The molecule has 0 fully saturated rings. The Balaban J connectivity index is 2.12. The highest BCUT2D eigenvalue weighted by Gasteiger charge is 2.05. The second-order valence-electron chi connectivity index (χ2n) is 3.94. The predicted molar refractivity (Wildman–Crippen MR) is 70.6 cm³/mol. The molecule has 2 aromatic heterocycles. The average molecular weight is 268 g/mol. The van der Waals surface area contributed by atoms with Gasteiger partial charge in [-0.25, -0.2) is 4.98 Å². The second kappa shape index (κ2) is 5.02. The molecule has 90 valence electrons. The number of nitrogens with zero attached hydrogens (tertiary/aromatic N) is 2. The van der Waals surface area contributed by atoms with Crippen molar-refractivity contribution in [2.45, 2.75) is 26.8 Å². The zero-order chi connectivity index (χ0) is 12.4. The van der Waals surface area contributed by atoms with Gasteiger partial charge in [-0.3, -0.25) is 5.41 Å². The van der Waals surface area contributed by atoms with Crippen LogP contribution in [0.4, 0.5) is 0 Å². The third-order valence-corrected chi connectivity index (χ3v) is 4.06. The predicted octanol–water partition coefficient (Wildman–Crippen LogP) is 2.94. The molecule has 0 atom stereocenters. The number of pyridine rings is 1. The third kappa shape index (κ3) is 2.76. The Morgan fingerprint density at radius 1 is 1.41 bits per heavy atom. The molecule has 0 aromatic carbocycles. The van der Waals surface area contributed by atoms with E-state index in [9.17, 15) is 0 Å². The van der Waals surface area contributed by atoms with Gasteiger partial charge in [0.25, 0.3) is 0 Å². The van der Waals surface area contributed by atoms with Crippen molar-refractivity contribution in [2.24, 2.45) is 0 Å². The van der Waals surface area contributed by atoms with Crippen LogP contribution in [0.1, 0.15) is 16.1 Å². The highest BCUT2D eigenvalue weighted by Crippen LogP contribution is 2.11. The van der Waals surface area contributed by atoms with Gasteiger partial charge in [0.1, 0.15) is 5.15 Å². The Kier molecular flexibility index (Phi) is 3.64. The fourth-order valence-corrected chi connectivity index (χ4v) is 2.68. The summed E-state index contributed by atoms with van der Waals surface area (Å²) in [6.07, 6.45) is 2.67. The van der Waals surface area contributed by atoms with Gasteiger partial charge in [0.2, 0.25) is 0 Å². The van der Waals surface area contributed by atoms with E-state index < -0.39 is 0 Å². The number of aryl methyl sites for hydroxylation is 2. The standard InChI is InChI=1S/C12H14ClN3S/c1-8-9(2)17-12(14)16(8)6-5-10-3-4-11(13)15-7-10/h3-4,7,14H,5-6H2,1-2H3. The topological polar surface area (TPSA) is 41.7 Å². The molecule has 17 heavy (non-hydrogen) atoms. The molecule has 0 spiro atoms. The molecule has 0 amide bonds. The summed E-state index contributed by atoms with van der Waals surface area (Å²) in [6, 6.07) is 3.78. The molecule has 0 aliphatic heterocycles. The molecule has 0 radical (unpaired) electrons. The van der Waals surface area contributed by atoms with E-state index in [1.54, 1.807) is 12.3 Å². The van der Waals surface area contributed by atoms with E-state index in [1.807, 2.05) is 10.6 Å². The molecule has 0 saturated carbocycles. The number of halogens is 1. The minimum Gasteiger partial charge on any atom is -0.321 e. The summed E-state index contributed by atoms with van der Waals surface area (Å²) in [5.74, 6) is 0. The molecule has 0 unspecified atom stereocenters. The minimum atomic E-state index is 0.519. The van der Waals surface area contributed by atoms with Crippen LogP contribution in [0.25, 0.3) is 0 Å². The first-order chi connectivity index (χ1) is 8.08. The maximum absolute atomic E-state index is 7.88. The van der Waals surface area contributed by atoms with Gasteiger partial charge in [-0.05, 0) is 31.9 Å². The first-order valence-corrected chi connectivity index (χ1v) is 6.59. The van der Waals surface area contributed by atoms with Gasteiger partial charge in [0.05, 0.1) is 0 Å².